The van der Waals surface area contributed by atoms with Crippen molar-refractivity contribution in [2.75, 3.05) is 0 Å². The third-order valence-corrected chi connectivity index (χ3v) is 2.98. The number of hydrogen-bond acceptors (Lipinski definition) is 1. The van der Waals surface area contributed by atoms with E-state index < -0.39 is 0 Å². The lowest BCUT2D eigenvalue weighted by Crippen LogP contribution is -1.81. The van der Waals surface area contributed by atoms with E-state index in [9.17, 15) is 5.11 Å². The van der Waals surface area contributed by atoms with Crippen LogP contribution in [-0.2, 0) is 0 Å². The summed E-state index contributed by atoms with van der Waals surface area (Å²) in [6.45, 7) is 0. The van der Waals surface area contributed by atoms with E-state index in [1.165, 1.54) is 6.07 Å². The van der Waals surface area contributed by atoms with E-state index in [0.29, 0.717) is 26.2 Å². The van der Waals surface area contributed by atoms with Crippen molar-refractivity contribution in [1.29, 1.82) is 0 Å². The highest BCUT2D eigenvalue weighted by molar-refractivity contribution is 6.35. The molecule has 0 radical (unpaired) electrons. The summed E-state index contributed by atoms with van der Waals surface area (Å²) in [7, 11) is 0. The lowest BCUT2D eigenvalue weighted by atomic mass is 10.0. The quantitative estimate of drug-likeness (QED) is 0.773. The van der Waals surface area contributed by atoms with Gasteiger partial charge in [0, 0.05) is 26.2 Å². The van der Waals surface area contributed by atoms with Crippen LogP contribution in [0.3, 0.4) is 0 Å². The maximum Gasteiger partial charge on any atom is 0.123 e. The van der Waals surface area contributed by atoms with Gasteiger partial charge in [0.1, 0.15) is 5.75 Å². The first-order chi connectivity index (χ1) is 7.58. The minimum absolute atomic E-state index is 0.119. The highest BCUT2D eigenvalue weighted by Gasteiger charge is 2.09. The molecule has 0 bridgehead atoms. The molecule has 0 fully saturated rings. The molecule has 16 heavy (non-hydrogen) atoms. The predicted octanol–water partition coefficient (Wildman–Crippen LogP) is 5.02. The summed E-state index contributed by atoms with van der Waals surface area (Å²) in [6, 6.07) is 9.84. The van der Waals surface area contributed by atoms with Crippen LogP contribution in [0.4, 0.5) is 0 Å². The van der Waals surface area contributed by atoms with E-state index in [4.69, 9.17) is 34.8 Å². The number of benzene rings is 2. The smallest absolute Gasteiger partial charge is 0.123 e. The Labute approximate surface area is 108 Å². The molecule has 0 atom stereocenters. The van der Waals surface area contributed by atoms with Crippen molar-refractivity contribution in [2.45, 2.75) is 0 Å². The van der Waals surface area contributed by atoms with Crippen LogP contribution in [0.1, 0.15) is 0 Å². The predicted molar refractivity (Wildman–Crippen MR) is 68.6 cm³/mol. The van der Waals surface area contributed by atoms with Crippen LogP contribution < -0.4 is 0 Å². The van der Waals surface area contributed by atoms with E-state index in [1.807, 2.05) is 0 Å². The topological polar surface area (TPSA) is 20.2 Å². The zero-order chi connectivity index (χ0) is 11.7. The Morgan fingerprint density at radius 1 is 0.750 bits per heavy atom. The van der Waals surface area contributed by atoms with E-state index in [-0.39, 0.29) is 5.75 Å². The first-order valence-electron chi connectivity index (χ1n) is 4.52. The summed E-state index contributed by atoms with van der Waals surface area (Å²) in [5.41, 5.74) is 1.23. The van der Waals surface area contributed by atoms with Gasteiger partial charge in [0.05, 0.1) is 0 Å². The van der Waals surface area contributed by atoms with Crippen LogP contribution in [-0.4, -0.2) is 5.11 Å². The van der Waals surface area contributed by atoms with Gasteiger partial charge in [0.2, 0.25) is 0 Å². The molecule has 82 valence electrons. The van der Waals surface area contributed by atoms with Crippen molar-refractivity contribution in [3.63, 3.8) is 0 Å². The Kier molecular flexibility index (Phi) is 3.29. The van der Waals surface area contributed by atoms with Crippen LogP contribution in [0.2, 0.25) is 15.1 Å². The van der Waals surface area contributed by atoms with Crippen molar-refractivity contribution in [3.05, 3.63) is 51.5 Å². The number of phenols is 1. The fraction of sp³-hybridized carbons (Fsp3) is 0. The van der Waals surface area contributed by atoms with Crippen LogP contribution >= 0.6 is 34.8 Å². The van der Waals surface area contributed by atoms with Gasteiger partial charge in [-0.25, -0.2) is 0 Å². The normalized spacial score (nSPS) is 10.4. The molecule has 2 rings (SSSR count). The van der Waals surface area contributed by atoms with Crippen molar-refractivity contribution < 1.29 is 5.11 Å². The van der Waals surface area contributed by atoms with Crippen molar-refractivity contribution >= 4 is 34.8 Å². The van der Waals surface area contributed by atoms with Crippen LogP contribution in [0.15, 0.2) is 36.4 Å². The molecule has 0 aliphatic carbocycles. The average molecular weight is 274 g/mol. The molecule has 0 unspecified atom stereocenters. The second-order valence-corrected chi connectivity index (χ2v) is 4.57. The van der Waals surface area contributed by atoms with Gasteiger partial charge in [-0.3, -0.25) is 0 Å². The molecule has 0 saturated carbocycles. The Bertz CT molecular complexity index is 488. The average Bonchev–Trinajstić information content (AvgIpc) is 2.25. The fourth-order valence-corrected chi connectivity index (χ4v) is 1.99. The first kappa shape index (κ1) is 11.6. The molecule has 0 amide bonds. The molecule has 1 nitrogen and oxygen atoms in total. The van der Waals surface area contributed by atoms with Gasteiger partial charge in [0.15, 0.2) is 0 Å². The van der Waals surface area contributed by atoms with Crippen molar-refractivity contribution in [3.8, 4) is 16.9 Å². The largest absolute Gasteiger partial charge is 0.507 e. The maximum atomic E-state index is 9.74. The molecule has 0 saturated heterocycles. The monoisotopic (exact) mass is 272 g/mol. The molecule has 0 spiro atoms. The summed E-state index contributed by atoms with van der Waals surface area (Å²) >= 11 is 17.8. The van der Waals surface area contributed by atoms with Crippen molar-refractivity contribution in [1.82, 2.24) is 0 Å². The molecular formula is C12H7Cl3O. The molecular weight excluding hydrogens is 266 g/mol. The van der Waals surface area contributed by atoms with Gasteiger partial charge in [0.25, 0.3) is 0 Å². The minimum atomic E-state index is 0.119. The van der Waals surface area contributed by atoms with Gasteiger partial charge in [-0.2, -0.15) is 0 Å². The van der Waals surface area contributed by atoms with E-state index in [2.05, 4.69) is 0 Å². The molecule has 0 heterocycles. The van der Waals surface area contributed by atoms with Gasteiger partial charge in [-0.05, 0) is 36.4 Å². The summed E-state index contributed by atoms with van der Waals surface area (Å²) in [5.74, 6) is 0.119. The Balaban J connectivity index is 2.66. The lowest BCUT2D eigenvalue weighted by Gasteiger charge is -2.07. The summed E-state index contributed by atoms with van der Waals surface area (Å²) in [5, 5.41) is 11.3. The van der Waals surface area contributed by atoms with Crippen LogP contribution in [0, 0.1) is 0 Å². The number of halogens is 3. The molecule has 4 heteroatoms. The maximum absolute atomic E-state index is 9.74. The Morgan fingerprint density at radius 2 is 1.31 bits per heavy atom. The minimum Gasteiger partial charge on any atom is -0.507 e. The van der Waals surface area contributed by atoms with Gasteiger partial charge in [-0.1, -0.05) is 34.8 Å². The summed E-state index contributed by atoms with van der Waals surface area (Å²) in [6.07, 6.45) is 0. The van der Waals surface area contributed by atoms with Crippen LogP contribution in [0.25, 0.3) is 11.1 Å². The molecule has 1 N–H and O–H groups in total. The van der Waals surface area contributed by atoms with Gasteiger partial charge in [-0.15, -0.1) is 0 Å². The molecule has 0 aliphatic heterocycles. The number of phenolic OH excluding ortho intramolecular Hbond substituents is 1. The number of aromatic hydroxyl groups is 1. The zero-order valence-electron chi connectivity index (χ0n) is 8.05. The number of hydrogen-bond donors (Lipinski definition) is 1. The first-order valence-corrected chi connectivity index (χ1v) is 5.65. The highest BCUT2D eigenvalue weighted by atomic mass is 35.5. The zero-order valence-corrected chi connectivity index (χ0v) is 10.3. The second-order valence-electron chi connectivity index (χ2n) is 3.29. The summed E-state index contributed by atoms with van der Waals surface area (Å²) < 4.78 is 0. The molecule has 0 aromatic heterocycles. The standard InChI is InChI=1S/C12H7Cl3O/c13-7-1-3-11(15)9(5-7)10-6-8(14)2-4-12(10)16/h1-6,16H. The third-order valence-electron chi connectivity index (χ3n) is 2.18. The third kappa shape index (κ3) is 2.27. The highest BCUT2D eigenvalue weighted by Crippen LogP contribution is 2.37. The van der Waals surface area contributed by atoms with E-state index in [0.717, 1.165) is 0 Å². The molecule has 2 aromatic carbocycles. The Morgan fingerprint density at radius 3 is 2.00 bits per heavy atom. The Hall–Kier alpha value is -0.890. The van der Waals surface area contributed by atoms with Gasteiger partial charge >= 0.3 is 0 Å². The number of rotatable bonds is 1. The van der Waals surface area contributed by atoms with Crippen molar-refractivity contribution in [2.24, 2.45) is 0 Å². The van der Waals surface area contributed by atoms with E-state index >= 15 is 0 Å². The molecule has 0 aliphatic rings. The SMILES string of the molecule is Oc1ccc(Cl)cc1-c1cc(Cl)ccc1Cl. The second kappa shape index (κ2) is 4.54. The summed E-state index contributed by atoms with van der Waals surface area (Å²) in [4.78, 5) is 0. The fourth-order valence-electron chi connectivity index (χ4n) is 1.43. The lowest BCUT2D eigenvalue weighted by molar-refractivity contribution is 0.477. The molecule has 2 aromatic rings. The van der Waals surface area contributed by atoms with Crippen LogP contribution in [0.5, 0.6) is 5.75 Å². The van der Waals surface area contributed by atoms with Gasteiger partial charge < -0.3 is 5.11 Å². The van der Waals surface area contributed by atoms with E-state index in [1.54, 1.807) is 30.3 Å².